The third-order valence-electron chi connectivity index (χ3n) is 3.83. The number of sulfonamides is 1. The fraction of sp³-hybridized carbons (Fsp3) is 0.316. The van der Waals surface area contributed by atoms with E-state index in [-0.39, 0.29) is 11.7 Å². The van der Waals surface area contributed by atoms with Crippen LogP contribution < -0.4 is 14.8 Å². The van der Waals surface area contributed by atoms with Crippen LogP contribution in [0.3, 0.4) is 0 Å². The molecule has 1 atom stereocenters. The molecule has 0 saturated carbocycles. The third kappa shape index (κ3) is 6.16. The van der Waals surface area contributed by atoms with E-state index in [2.05, 4.69) is 10.0 Å². The van der Waals surface area contributed by atoms with E-state index in [1.165, 1.54) is 7.05 Å². The number of carbonyl (C=O) groups excluding carboxylic acids is 1. The summed E-state index contributed by atoms with van der Waals surface area (Å²) in [5.74, 6) is 0.369. The molecule has 2 rings (SSSR count). The highest BCUT2D eigenvalue weighted by Gasteiger charge is 2.14. The molecular weight excluding hydrogens is 352 g/mol. The molecule has 0 aliphatic carbocycles. The van der Waals surface area contributed by atoms with E-state index in [4.69, 9.17) is 4.74 Å². The van der Waals surface area contributed by atoms with Crippen LogP contribution in [0, 0.1) is 6.92 Å². The molecule has 0 bridgehead atoms. The molecule has 0 fully saturated rings. The van der Waals surface area contributed by atoms with Gasteiger partial charge in [-0.3, -0.25) is 4.79 Å². The normalized spacial score (nSPS) is 12.4. The van der Waals surface area contributed by atoms with Crippen LogP contribution >= 0.6 is 0 Å². The standard InChI is InChI=1S/C19H24N2O4S/c1-14-5-4-6-18(11-14)25-15(2)19(22)21-12-16-7-9-17(10-8-16)13-26(23,24)20-3/h4-11,15,20H,12-13H2,1-3H3,(H,21,22). The van der Waals surface area contributed by atoms with Gasteiger partial charge in [-0.1, -0.05) is 36.4 Å². The predicted octanol–water partition coefficient (Wildman–Crippen LogP) is 2.13. The average molecular weight is 376 g/mol. The van der Waals surface area contributed by atoms with Crippen molar-refractivity contribution in [1.82, 2.24) is 10.0 Å². The van der Waals surface area contributed by atoms with Gasteiger partial charge in [0.1, 0.15) is 5.75 Å². The van der Waals surface area contributed by atoms with E-state index in [0.717, 1.165) is 11.1 Å². The Morgan fingerprint density at radius 1 is 1.12 bits per heavy atom. The second-order valence-corrected chi connectivity index (χ2v) is 8.00. The summed E-state index contributed by atoms with van der Waals surface area (Å²) in [6.45, 7) is 4.01. The lowest BCUT2D eigenvalue weighted by atomic mass is 10.1. The molecule has 0 heterocycles. The number of ether oxygens (including phenoxy) is 1. The van der Waals surface area contributed by atoms with Crippen LogP contribution in [0.5, 0.6) is 5.75 Å². The highest BCUT2D eigenvalue weighted by atomic mass is 32.2. The van der Waals surface area contributed by atoms with Gasteiger partial charge in [0, 0.05) is 6.54 Å². The molecular formula is C19H24N2O4S. The average Bonchev–Trinajstić information content (AvgIpc) is 2.60. The molecule has 0 aliphatic rings. The predicted molar refractivity (Wildman–Crippen MR) is 101 cm³/mol. The van der Waals surface area contributed by atoms with Gasteiger partial charge in [-0.05, 0) is 49.7 Å². The minimum absolute atomic E-state index is 0.0719. The van der Waals surface area contributed by atoms with Crippen molar-refractivity contribution in [2.45, 2.75) is 32.2 Å². The molecule has 0 radical (unpaired) electrons. The third-order valence-corrected chi connectivity index (χ3v) is 5.16. The number of hydrogen-bond acceptors (Lipinski definition) is 4. The number of aryl methyl sites for hydroxylation is 1. The van der Waals surface area contributed by atoms with Crippen molar-refractivity contribution in [2.75, 3.05) is 7.05 Å². The topological polar surface area (TPSA) is 84.5 Å². The summed E-state index contributed by atoms with van der Waals surface area (Å²) in [7, 11) is -1.90. The van der Waals surface area contributed by atoms with Crippen LogP contribution in [0.2, 0.25) is 0 Å². The van der Waals surface area contributed by atoms with Crippen molar-refractivity contribution < 1.29 is 17.9 Å². The zero-order valence-corrected chi connectivity index (χ0v) is 16.0. The first-order valence-electron chi connectivity index (χ1n) is 8.29. The highest BCUT2D eigenvalue weighted by molar-refractivity contribution is 7.88. The Morgan fingerprint density at radius 3 is 2.38 bits per heavy atom. The largest absolute Gasteiger partial charge is 0.481 e. The molecule has 0 spiro atoms. The van der Waals surface area contributed by atoms with E-state index in [1.54, 1.807) is 31.2 Å². The summed E-state index contributed by atoms with van der Waals surface area (Å²) in [6, 6.07) is 14.6. The van der Waals surface area contributed by atoms with Gasteiger partial charge >= 0.3 is 0 Å². The van der Waals surface area contributed by atoms with E-state index < -0.39 is 16.1 Å². The molecule has 2 aromatic rings. The fourth-order valence-electron chi connectivity index (χ4n) is 2.32. The number of rotatable bonds is 8. The first-order valence-corrected chi connectivity index (χ1v) is 9.94. The Morgan fingerprint density at radius 2 is 1.77 bits per heavy atom. The van der Waals surface area contributed by atoms with Gasteiger partial charge in [0.2, 0.25) is 10.0 Å². The molecule has 6 nitrogen and oxygen atoms in total. The Kier molecular flexibility index (Phi) is 6.76. The van der Waals surface area contributed by atoms with Crippen molar-refractivity contribution in [2.24, 2.45) is 0 Å². The molecule has 2 aromatic carbocycles. The van der Waals surface area contributed by atoms with Crippen LogP contribution in [-0.2, 0) is 27.1 Å². The molecule has 0 aromatic heterocycles. The molecule has 0 saturated heterocycles. The maximum atomic E-state index is 12.2. The van der Waals surface area contributed by atoms with Crippen LogP contribution in [0.4, 0.5) is 0 Å². The van der Waals surface area contributed by atoms with Crippen LogP contribution in [0.1, 0.15) is 23.6 Å². The Balaban J connectivity index is 1.86. The Hall–Kier alpha value is -2.38. The fourth-order valence-corrected chi connectivity index (χ4v) is 3.10. The first kappa shape index (κ1) is 19.9. The van der Waals surface area contributed by atoms with Crippen molar-refractivity contribution in [3.05, 3.63) is 65.2 Å². The lowest BCUT2D eigenvalue weighted by Gasteiger charge is -2.15. The zero-order valence-electron chi connectivity index (χ0n) is 15.2. The second-order valence-electron chi connectivity index (χ2n) is 6.07. The highest BCUT2D eigenvalue weighted by Crippen LogP contribution is 2.14. The van der Waals surface area contributed by atoms with Crippen molar-refractivity contribution in [3.63, 3.8) is 0 Å². The van der Waals surface area contributed by atoms with Crippen molar-refractivity contribution in [1.29, 1.82) is 0 Å². The lowest BCUT2D eigenvalue weighted by Crippen LogP contribution is -2.35. The van der Waals surface area contributed by atoms with Gasteiger partial charge in [0.15, 0.2) is 6.10 Å². The molecule has 140 valence electrons. The maximum Gasteiger partial charge on any atom is 0.261 e. The van der Waals surface area contributed by atoms with Crippen LogP contribution in [0.15, 0.2) is 48.5 Å². The maximum absolute atomic E-state index is 12.2. The van der Waals surface area contributed by atoms with Crippen molar-refractivity contribution in [3.8, 4) is 5.75 Å². The smallest absolute Gasteiger partial charge is 0.261 e. The van der Waals surface area contributed by atoms with E-state index in [0.29, 0.717) is 17.9 Å². The molecule has 0 aliphatic heterocycles. The van der Waals surface area contributed by atoms with Gasteiger partial charge in [0.05, 0.1) is 5.75 Å². The van der Waals surface area contributed by atoms with E-state index in [9.17, 15) is 13.2 Å². The van der Waals surface area contributed by atoms with Gasteiger partial charge < -0.3 is 10.1 Å². The molecule has 26 heavy (non-hydrogen) atoms. The lowest BCUT2D eigenvalue weighted by molar-refractivity contribution is -0.127. The van der Waals surface area contributed by atoms with Gasteiger partial charge in [-0.25, -0.2) is 13.1 Å². The molecule has 7 heteroatoms. The minimum atomic E-state index is -3.29. The van der Waals surface area contributed by atoms with E-state index in [1.807, 2.05) is 31.2 Å². The zero-order chi connectivity index (χ0) is 19.2. The molecule has 1 amide bonds. The minimum Gasteiger partial charge on any atom is -0.481 e. The van der Waals surface area contributed by atoms with Crippen LogP contribution in [0.25, 0.3) is 0 Å². The summed E-state index contributed by atoms with van der Waals surface area (Å²) >= 11 is 0. The van der Waals surface area contributed by atoms with Gasteiger partial charge in [0.25, 0.3) is 5.91 Å². The van der Waals surface area contributed by atoms with Gasteiger partial charge in [-0.2, -0.15) is 0 Å². The molecule has 2 N–H and O–H groups in total. The van der Waals surface area contributed by atoms with Gasteiger partial charge in [-0.15, -0.1) is 0 Å². The van der Waals surface area contributed by atoms with E-state index >= 15 is 0 Å². The second kappa shape index (κ2) is 8.82. The summed E-state index contributed by atoms with van der Waals surface area (Å²) in [5.41, 5.74) is 2.63. The molecule has 1 unspecified atom stereocenters. The van der Waals surface area contributed by atoms with Crippen molar-refractivity contribution >= 4 is 15.9 Å². The number of hydrogen-bond donors (Lipinski definition) is 2. The SMILES string of the molecule is CNS(=O)(=O)Cc1ccc(CNC(=O)C(C)Oc2cccc(C)c2)cc1. The summed E-state index contributed by atoms with van der Waals surface area (Å²) in [5, 5.41) is 2.82. The first-order chi connectivity index (χ1) is 12.3. The number of carbonyl (C=O) groups is 1. The monoisotopic (exact) mass is 376 g/mol. The number of nitrogens with one attached hydrogen (secondary N) is 2. The quantitative estimate of drug-likeness (QED) is 0.739. The van der Waals surface area contributed by atoms with Crippen LogP contribution in [-0.4, -0.2) is 27.5 Å². The Bertz CT molecular complexity index is 848. The summed E-state index contributed by atoms with van der Waals surface area (Å²) in [6.07, 6.45) is -0.614. The summed E-state index contributed by atoms with van der Waals surface area (Å²) in [4.78, 5) is 12.2. The number of benzene rings is 2. The Labute approximate surface area is 154 Å². The number of amides is 1. The summed E-state index contributed by atoms with van der Waals surface area (Å²) < 4.78 is 31.0.